The minimum absolute atomic E-state index is 0.0874. The van der Waals surface area contributed by atoms with E-state index in [0.717, 1.165) is 5.56 Å². The van der Waals surface area contributed by atoms with E-state index >= 15 is 0 Å². The molecule has 0 fully saturated rings. The van der Waals surface area contributed by atoms with Gasteiger partial charge in [-0.3, -0.25) is 0 Å². The summed E-state index contributed by atoms with van der Waals surface area (Å²) < 4.78 is 31.8. The molecule has 0 amide bonds. The third kappa shape index (κ3) is 3.48. The Balaban J connectivity index is 2.25. The first kappa shape index (κ1) is 14.3. The number of hydrogen-bond donors (Lipinski definition) is 2. The van der Waals surface area contributed by atoms with E-state index in [0.29, 0.717) is 5.56 Å². The lowest BCUT2D eigenvalue weighted by Gasteiger charge is -2.07. The molecule has 1 aromatic heterocycles. The molecule has 0 spiro atoms. The highest BCUT2D eigenvalue weighted by atomic mass is 32.2. The summed E-state index contributed by atoms with van der Waals surface area (Å²) in [6.07, 6.45) is 2.95. The average Bonchev–Trinajstić information content (AvgIpc) is 2.97. The average molecular weight is 291 g/mol. The molecule has 0 aliphatic carbocycles. The molecule has 1 heterocycles. The van der Waals surface area contributed by atoms with Gasteiger partial charge in [0.05, 0.1) is 17.4 Å². The van der Waals surface area contributed by atoms with Crippen molar-refractivity contribution in [3.05, 3.63) is 54.0 Å². The van der Waals surface area contributed by atoms with Crippen molar-refractivity contribution in [3.8, 4) is 11.8 Å². The van der Waals surface area contributed by atoms with E-state index in [2.05, 4.69) is 16.6 Å². The number of hydrogen-bond acceptors (Lipinski definition) is 4. The monoisotopic (exact) mass is 291 g/mol. The quantitative estimate of drug-likeness (QED) is 0.827. The number of nitrogens with one attached hydrogen (secondary N) is 1. The van der Waals surface area contributed by atoms with Crippen molar-refractivity contribution >= 4 is 10.0 Å². The van der Waals surface area contributed by atoms with E-state index in [1.165, 1.54) is 18.6 Å². The second kappa shape index (κ2) is 6.39. The zero-order valence-corrected chi connectivity index (χ0v) is 11.4. The molecule has 0 saturated heterocycles. The minimum atomic E-state index is -3.67. The van der Waals surface area contributed by atoms with E-state index in [1.54, 1.807) is 24.3 Å². The van der Waals surface area contributed by atoms with Crippen molar-refractivity contribution in [1.82, 2.24) is 4.72 Å². The van der Waals surface area contributed by atoms with Crippen LogP contribution in [0.1, 0.15) is 11.1 Å². The fourth-order valence-electron chi connectivity index (χ4n) is 1.59. The van der Waals surface area contributed by atoms with Crippen molar-refractivity contribution < 1.29 is 17.9 Å². The summed E-state index contributed by atoms with van der Waals surface area (Å²) in [7, 11) is -3.67. The Labute approximate surface area is 117 Å². The van der Waals surface area contributed by atoms with Crippen molar-refractivity contribution in [2.75, 3.05) is 6.61 Å². The largest absolute Gasteiger partial charge is 0.472 e. The van der Waals surface area contributed by atoms with Gasteiger partial charge in [-0.1, -0.05) is 24.0 Å². The summed E-state index contributed by atoms with van der Waals surface area (Å²) in [5.41, 5.74) is 1.08. The Hall–Kier alpha value is -2.07. The van der Waals surface area contributed by atoms with Gasteiger partial charge in [0.1, 0.15) is 6.61 Å². The zero-order chi connectivity index (χ0) is 14.4. The van der Waals surface area contributed by atoms with E-state index < -0.39 is 10.0 Å². The molecule has 2 rings (SSSR count). The number of benzene rings is 1. The minimum Gasteiger partial charge on any atom is -0.472 e. The van der Waals surface area contributed by atoms with Crippen LogP contribution in [0.25, 0.3) is 0 Å². The molecule has 5 nitrogen and oxygen atoms in total. The maximum Gasteiger partial charge on any atom is 0.242 e. The molecule has 0 aliphatic rings. The second-order valence-corrected chi connectivity index (χ2v) is 5.65. The Bertz CT molecular complexity index is 724. The van der Waals surface area contributed by atoms with E-state index in [9.17, 15) is 8.42 Å². The Morgan fingerprint density at radius 3 is 2.75 bits per heavy atom. The van der Waals surface area contributed by atoms with Gasteiger partial charge in [0, 0.05) is 17.7 Å². The smallest absolute Gasteiger partial charge is 0.242 e. The van der Waals surface area contributed by atoms with Gasteiger partial charge in [0.2, 0.25) is 10.0 Å². The molecule has 0 atom stereocenters. The first-order valence-electron chi connectivity index (χ1n) is 5.83. The molecule has 6 heteroatoms. The normalized spacial score (nSPS) is 10.8. The SMILES string of the molecule is O=S(=O)(NCc1ccoc1)c1ccccc1C#CCO. The number of sulfonamides is 1. The fraction of sp³-hybridized carbons (Fsp3) is 0.143. The molecule has 0 bridgehead atoms. The summed E-state index contributed by atoms with van der Waals surface area (Å²) in [6.45, 7) is -0.183. The number of aliphatic hydroxyl groups is 1. The molecule has 1 aromatic carbocycles. The summed E-state index contributed by atoms with van der Waals surface area (Å²) in [4.78, 5) is 0.0874. The summed E-state index contributed by atoms with van der Waals surface area (Å²) in [5, 5.41) is 8.70. The van der Waals surface area contributed by atoms with Crippen LogP contribution in [-0.2, 0) is 16.6 Å². The molecular formula is C14H13NO4S. The molecule has 2 N–H and O–H groups in total. The first-order valence-corrected chi connectivity index (χ1v) is 7.31. The maximum atomic E-state index is 12.2. The van der Waals surface area contributed by atoms with Crippen molar-refractivity contribution in [2.24, 2.45) is 0 Å². The van der Waals surface area contributed by atoms with Crippen LogP contribution in [0.2, 0.25) is 0 Å². The molecule has 0 unspecified atom stereocenters. The Morgan fingerprint density at radius 1 is 1.25 bits per heavy atom. The van der Waals surface area contributed by atoms with Crippen LogP contribution in [0.15, 0.2) is 52.2 Å². The van der Waals surface area contributed by atoms with Crippen LogP contribution < -0.4 is 4.72 Å². The highest BCUT2D eigenvalue weighted by Gasteiger charge is 2.17. The number of rotatable bonds is 4. The van der Waals surface area contributed by atoms with Crippen LogP contribution in [0.5, 0.6) is 0 Å². The van der Waals surface area contributed by atoms with Crippen LogP contribution in [0.4, 0.5) is 0 Å². The molecule has 0 radical (unpaired) electrons. The summed E-state index contributed by atoms with van der Waals surface area (Å²) >= 11 is 0. The van der Waals surface area contributed by atoms with Gasteiger partial charge in [-0.25, -0.2) is 13.1 Å². The van der Waals surface area contributed by atoms with Crippen LogP contribution >= 0.6 is 0 Å². The standard InChI is InChI=1S/C14H13NO4S/c16-8-3-5-13-4-1-2-6-14(13)20(17,18)15-10-12-7-9-19-11-12/h1-2,4,6-7,9,11,15-16H,8,10H2. The third-order valence-electron chi connectivity index (χ3n) is 2.53. The topological polar surface area (TPSA) is 79.5 Å². The summed E-state index contributed by atoms with van der Waals surface area (Å²) in [6, 6.07) is 8.06. The predicted octanol–water partition coefficient (Wildman–Crippen LogP) is 1.10. The Kier molecular flexibility index (Phi) is 4.58. The van der Waals surface area contributed by atoms with E-state index in [1.807, 2.05) is 0 Å². The second-order valence-electron chi connectivity index (χ2n) is 3.91. The van der Waals surface area contributed by atoms with Gasteiger partial charge in [0.25, 0.3) is 0 Å². The lowest BCUT2D eigenvalue weighted by Crippen LogP contribution is -2.23. The van der Waals surface area contributed by atoms with Gasteiger partial charge in [-0.2, -0.15) is 0 Å². The van der Waals surface area contributed by atoms with Crippen molar-refractivity contribution in [2.45, 2.75) is 11.4 Å². The van der Waals surface area contributed by atoms with Gasteiger partial charge < -0.3 is 9.52 Å². The molecule has 2 aromatic rings. The maximum absolute atomic E-state index is 12.2. The molecule has 20 heavy (non-hydrogen) atoms. The van der Waals surface area contributed by atoms with E-state index in [4.69, 9.17) is 9.52 Å². The van der Waals surface area contributed by atoms with Gasteiger partial charge in [-0.15, -0.1) is 0 Å². The zero-order valence-electron chi connectivity index (χ0n) is 10.5. The highest BCUT2D eigenvalue weighted by Crippen LogP contribution is 2.14. The van der Waals surface area contributed by atoms with Crippen LogP contribution in [0, 0.1) is 11.8 Å². The molecule has 0 aliphatic heterocycles. The van der Waals surface area contributed by atoms with Gasteiger partial charge in [-0.05, 0) is 18.2 Å². The first-order chi connectivity index (χ1) is 9.63. The van der Waals surface area contributed by atoms with Crippen LogP contribution in [-0.4, -0.2) is 20.1 Å². The molecule has 104 valence electrons. The number of furan rings is 1. The van der Waals surface area contributed by atoms with Crippen LogP contribution in [0.3, 0.4) is 0 Å². The molecule has 0 saturated carbocycles. The predicted molar refractivity (Wildman–Crippen MR) is 73.1 cm³/mol. The van der Waals surface area contributed by atoms with Crippen molar-refractivity contribution in [1.29, 1.82) is 0 Å². The lowest BCUT2D eigenvalue weighted by atomic mass is 10.2. The summed E-state index contributed by atoms with van der Waals surface area (Å²) in [5.74, 6) is 5.07. The van der Waals surface area contributed by atoms with E-state index in [-0.39, 0.29) is 18.0 Å². The van der Waals surface area contributed by atoms with Gasteiger partial charge >= 0.3 is 0 Å². The molecular weight excluding hydrogens is 278 g/mol. The fourth-order valence-corrected chi connectivity index (χ4v) is 2.77. The van der Waals surface area contributed by atoms with Crippen molar-refractivity contribution in [3.63, 3.8) is 0 Å². The number of aliphatic hydroxyl groups excluding tert-OH is 1. The third-order valence-corrected chi connectivity index (χ3v) is 3.98. The van der Waals surface area contributed by atoms with Gasteiger partial charge in [0.15, 0.2) is 0 Å². The Morgan fingerprint density at radius 2 is 2.05 bits per heavy atom. The lowest BCUT2D eigenvalue weighted by molar-refractivity contribution is 0.350. The highest BCUT2D eigenvalue weighted by molar-refractivity contribution is 7.89.